The first-order valence-electron chi connectivity index (χ1n) is 7.60. The van der Waals surface area contributed by atoms with Gasteiger partial charge in [0.05, 0.1) is 0 Å². The van der Waals surface area contributed by atoms with Gasteiger partial charge >= 0.3 is 0 Å². The van der Waals surface area contributed by atoms with Crippen LogP contribution >= 0.6 is 0 Å². The molecule has 1 N–H and O–H groups in total. The number of amides is 1. The van der Waals surface area contributed by atoms with Crippen LogP contribution in [0.5, 0.6) is 0 Å². The van der Waals surface area contributed by atoms with Crippen LogP contribution in [0.1, 0.15) is 42.4 Å². The van der Waals surface area contributed by atoms with Crippen molar-refractivity contribution in [1.29, 1.82) is 0 Å². The first kappa shape index (κ1) is 15.0. The van der Waals surface area contributed by atoms with Crippen molar-refractivity contribution in [2.45, 2.75) is 52.1 Å². The van der Waals surface area contributed by atoms with E-state index in [1.807, 2.05) is 0 Å². The number of hydrogen-bond acceptors (Lipinski definition) is 2. The minimum atomic E-state index is 0.171. The molecule has 0 bridgehead atoms. The summed E-state index contributed by atoms with van der Waals surface area (Å²) in [5.41, 5.74) is 3.78. The molecule has 1 aromatic rings. The lowest BCUT2D eigenvalue weighted by Gasteiger charge is -2.31. The van der Waals surface area contributed by atoms with Crippen molar-refractivity contribution in [3.63, 3.8) is 0 Å². The lowest BCUT2D eigenvalue weighted by atomic mass is 9.99. The van der Waals surface area contributed by atoms with Crippen LogP contribution in [0.4, 0.5) is 0 Å². The molecule has 1 atom stereocenters. The highest BCUT2D eigenvalue weighted by Crippen LogP contribution is 2.18. The molecule has 1 saturated heterocycles. The molecule has 0 saturated carbocycles. The average molecular weight is 274 g/mol. The summed E-state index contributed by atoms with van der Waals surface area (Å²) < 4.78 is 0. The van der Waals surface area contributed by atoms with Gasteiger partial charge in [0.25, 0.3) is 0 Å². The van der Waals surface area contributed by atoms with Gasteiger partial charge in [0.2, 0.25) is 5.91 Å². The second-order valence-corrected chi connectivity index (χ2v) is 5.97. The molecule has 0 radical (unpaired) electrons. The molecule has 1 heterocycles. The Balaban J connectivity index is 1.84. The van der Waals surface area contributed by atoms with E-state index in [2.05, 4.69) is 49.3 Å². The quantitative estimate of drug-likeness (QED) is 0.915. The van der Waals surface area contributed by atoms with Gasteiger partial charge in [-0.1, -0.05) is 24.6 Å². The largest absolute Gasteiger partial charge is 0.352 e. The molecule has 1 aliphatic rings. The summed E-state index contributed by atoms with van der Waals surface area (Å²) in [6, 6.07) is 6.67. The van der Waals surface area contributed by atoms with E-state index in [0.29, 0.717) is 19.0 Å². The zero-order chi connectivity index (χ0) is 14.5. The van der Waals surface area contributed by atoms with Crippen molar-refractivity contribution in [2.75, 3.05) is 13.6 Å². The molecule has 1 amide bonds. The van der Waals surface area contributed by atoms with E-state index in [9.17, 15) is 4.79 Å². The summed E-state index contributed by atoms with van der Waals surface area (Å²) in [5.74, 6) is 0.171. The van der Waals surface area contributed by atoms with Crippen molar-refractivity contribution in [2.24, 2.45) is 0 Å². The molecule has 3 heteroatoms. The number of rotatable bonds is 4. The topological polar surface area (TPSA) is 32.3 Å². The minimum absolute atomic E-state index is 0.171. The summed E-state index contributed by atoms with van der Waals surface area (Å²) in [6.07, 6.45) is 4.28. The highest BCUT2D eigenvalue weighted by atomic mass is 16.1. The Morgan fingerprint density at radius 2 is 2.15 bits per heavy atom. The number of carbonyl (C=O) groups is 1. The fourth-order valence-corrected chi connectivity index (χ4v) is 2.89. The van der Waals surface area contributed by atoms with Gasteiger partial charge in [-0.3, -0.25) is 4.79 Å². The normalized spacial score (nSPS) is 19.9. The molecule has 2 rings (SSSR count). The predicted octanol–water partition coefficient (Wildman–Crippen LogP) is 2.79. The molecule has 0 aromatic heterocycles. The third-order valence-corrected chi connectivity index (χ3v) is 4.54. The second-order valence-electron chi connectivity index (χ2n) is 5.97. The predicted molar refractivity (Wildman–Crippen MR) is 82.6 cm³/mol. The lowest BCUT2D eigenvalue weighted by Crippen LogP contribution is -2.40. The van der Waals surface area contributed by atoms with Crippen molar-refractivity contribution < 1.29 is 4.79 Å². The summed E-state index contributed by atoms with van der Waals surface area (Å²) in [6.45, 7) is 5.99. The Morgan fingerprint density at radius 1 is 1.35 bits per heavy atom. The Labute approximate surface area is 122 Å². The summed E-state index contributed by atoms with van der Waals surface area (Å²) in [5, 5.41) is 3.07. The van der Waals surface area contributed by atoms with E-state index >= 15 is 0 Å². The number of piperidine rings is 1. The molecule has 0 aliphatic carbocycles. The average Bonchev–Trinajstić information content (AvgIpc) is 2.43. The Hall–Kier alpha value is -1.35. The maximum atomic E-state index is 12.1. The van der Waals surface area contributed by atoms with E-state index in [-0.39, 0.29) is 5.91 Å². The molecular formula is C17H26N2O. The number of hydrogen-bond donors (Lipinski definition) is 1. The van der Waals surface area contributed by atoms with Crippen LogP contribution in [0, 0.1) is 13.8 Å². The molecular weight excluding hydrogens is 248 g/mol. The second kappa shape index (κ2) is 6.89. The molecule has 110 valence electrons. The maximum absolute atomic E-state index is 12.1. The fourth-order valence-electron chi connectivity index (χ4n) is 2.89. The summed E-state index contributed by atoms with van der Waals surface area (Å²) >= 11 is 0. The van der Waals surface area contributed by atoms with E-state index < -0.39 is 0 Å². The Morgan fingerprint density at radius 3 is 2.90 bits per heavy atom. The van der Waals surface area contributed by atoms with Crippen molar-refractivity contribution in [3.8, 4) is 0 Å². The molecule has 1 aromatic carbocycles. The van der Waals surface area contributed by atoms with Gasteiger partial charge in [0.1, 0.15) is 0 Å². The smallest absolute Gasteiger partial charge is 0.221 e. The Bertz CT molecular complexity index is 470. The zero-order valence-corrected chi connectivity index (χ0v) is 12.9. The summed E-state index contributed by atoms with van der Waals surface area (Å²) in [4.78, 5) is 14.4. The molecule has 0 spiro atoms. The summed E-state index contributed by atoms with van der Waals surface area (Å²) in [7, 11) is 2.13. The number of carbonyl (C=O) groups excluding carboxylic acids is 1. The van der Waals surface area contributed by atoms with Crippen molar-refractivity contribution in [1.82, 2.24) is 10.2 Å². The van der Waals surface area contributed by atoms with E-state index in [1.54, 1.807) is 0 Å². The number of nitrogens with zero attached hydrogens (tertiary/aromatic N) is 1. The van der Waals surface area contributed by atoms with E-state index in [1.165, 1.54) is 29.5 Å². The van der Waals surface area contributed by atoms with Gasteiger partial charge in [-0.2, -0.15) is 0 Å². The Kier molecular flexibility index (Phi) is 5.18. The van der Waals surface area contributed by atoms with Gasteiger partial charge in [0, 0.05) is 19.0 Å². The van der Waals surface area contributed by atoms with Gasteiger partial charge in [-0.25, -0.2) is 0 Å². The highest BCUT2D eigenvalue weighted by Gasteiger charge is 2.21. The monoisotopic (exact) mass is 274 g/mol. The van der Waals surface area contributed by atoms with Gasteiger partial charge < -0.3 is 10.2 Å². The van der Waals surface area contributed by atoms with E-state index in [4.69, 9.17) is 0 Å². The maximum Gasteiger partial charge on any atom is 0.221 e. The minimum Gasteiger partial charge on any atom is -0.352 e. The molecule has 1 aliphatic heterocycles. The van der Waals surface area contributed by atoms with Crippen LogP contribution < -0.4 is 5.32 Å². The first-order valence-corrected chi connectivity index (χ1v) is 7.60. The molecule has 1 unspecified atom stereocenters. The highest BCUT2D eigenvalue weighted by molar-refractivity contribution is 5.76. The molecule has 1 fully saturated rings. The van der Waals surface area contributed by atoms with Gasteiger partial charge in [-0.05, 0) is 57.0 Å². The lowest BCUT2D eigenvalue weighted by molar-refractivity contribution is -0.122. The van der Waals surface area contributed by atoms with Gasteiger partial charge in [-0.15, -0.1) is 0 Å². The van der Waals surface area contributed by atoms with Crippen LogP contribution in [0.2, 0.25) is 0 Å². The van der Waals surface area contributed by atoms with E-state index in [0.717, 1.165) is 13.0 Å². The van der Waals surface area contributed by atoms with Crippen LogP contribution in [0.3, 0.4) is 0 Å². The first-order chi connectivity index (χ1) is 9.58. The standard InChI is InChI=1S/C17H26N2O/c1-13-7-6-8-15(14(13)2)12-18-17(20)11-16-9-4-5-10-19(16)3/h6-8,16H,4-5,9-12H2,1-3H3,(H,18,20). The van der Waals surface area contributed by atoms with Crippen LogP contribution in [0.25, 0.3) is 0 Å². The number of aryl methyl sites for hydroxylation is 1. The third kappa shape index (κ3) is 3.83. The molecule has 20 heavy (non-hydrogen) atoms. The molecule has 3 nitrogen and oxygen atoms in total. The number of likely N-dealkylation sites (tertiary alicyclic amines) is 1. The zero-order valence-electron chi connectivity index (χ0n) is 12.9. The van der Waals surface area contributed by atoms with Gasteiger partial charge in [0.15, 0.2) is 0 Å². The van der Waals surface area contributed by atoms with Crippen LogP contribution in [-0.2, 0) is 11.3 Å². The van der Waals surface area contributed by atoms with Crippen molar-refractivity contribution in [3.05, 3.63) is 34.9 Å². The number of nitrogens with one attached hydrogen (secondary N) is 1. The number of benzene rings is 1. The van der Waals surface area contributed by atoms with Crippen molar-refractivity contribution >= 4 is 5.91 Å². The fraction of sp³-hybridized carbons (Fsp3) is 0.588. The SMILES string of the molecule is Cc1cccc(CNC(=O)CC2CCCCN2C)c1C. The third-order valence-electron chi connectivity index (χ3n) is 4.54. The van der Waals surface area contributed by atoms with Crippen LogP contribution in [0.15, 0.2) is 18.2 Å². The van der Waals surface area contributed by atoms with Crippen LogP contribution in [-0.4, -0.2) is 30.4 Å².